The fourth-order valence-corrected chi connectivity index (χ4v) is 4.95. The number of carbonyl (C=O) groups excluding carboxylic acids is 2. The van der Waals surface area contributed by atoms with Crippen LogP contribution in [0.2, 0.25) is 0 Å². The van der Waals surface area contributed by atoms with Crippen LogP contribution in [0.4, 0.5) is 0 Å². The second kappa shape index (κ2) is 7.62. The van der Waals surface area contributed by atoms with Gasteiger partial charge >= 0.3 is 0 Å². The average molecular weight is 398 g/mol. The normalized spacial score (nSPS) is 14.4. The van der Waals surface area contributed by atoms with Gasteiger partial charge in [-0.1, -0.05) is 24.3 Å². The van der Waals surface area contributed by atoms with E-state index >= 15 is 0 Å². The lowest BCUT2D eigenvalue weighted by atomic mass is 10.2. The van der Waals surface area contributed by atoms with E-state index in [9.17, 15) is 9.59 Å². The third-order valence-corrected chi connectivity index (χ3v) is 6.78. The maximum Gasteiger partial charge on any atom is 0.265 e. The Morgan fingerprint density at radius 3 is 2.22 bits per heavy atom. The third kappa shape index (κ3) is 3.65. The molecule has 0 spiro atoms. The lowest BCUT2D eigenvalue weighted by molar-refractivity contribution is 0.0537. The third-order valence-electron chi connectivity index (χ3n) is 4.60. The van der Waals surface area contributed by atoms with E-state index in [1.54, 1.807) is 11.3 Å². The highest BCUT2D eigenvalue weighted by atomic mass is 32.1. The number of benzene rings is 1. The van der Waals surface area contributed by atoms with E-state index in [2.05, 4.69) is 4.98 Å². The highest BCUT2D eigenvalue weighted by molar-refractivity contribution is 7.22. The fraction of sp³-hybridized carbons (Fsp3) is 0.250. The van der Waals surface area contributed by atoms with Gasteiger partial charge in [0.15, 0.2) is 0 Å². The van der Waals surface area contributed by atoms with Crippen LogP contribution >= 0.6 is 22.7 Å². The van der Waals surface area contributed by atoms with Crippen molar-refractivity contribution in [3.05, 3.63) is 64.0 Å². The summed E-state index contributed by atoms with van der Waals surface area (Å²) in [5.41, 5.74) is 1.47. The summed E-state index contributed by atoms with van der Waals surface area (Å²) in [7, 11) is 0. The van der Waals surface area contributed by atoms with Crippen molar-refractivity contribution in [1.29, 1.82) is 0 Å². The van der Waals surface area contributed by atoms with Crippen molar-refractivity contribution >= 4 is 34.5 Å². The molecule has 27 heavy (non-hydrogen) atoms. The predicted molar refractivity (Wildman–Crippen MR) is 108 cm³/mol. The largest absolute Gasteiger partial charge is 0.335 e. The van der Waals surface area contributed by atoms with Gasteiger partial charge in [0.25, 0.3) is 11.8 Å². The number of piperazine rings is 1. The Kier molecular flexibility index (Phi) is 5.05. The SMILES string of the molecule is Cc1nc(-c2cccs2)sc1C(=O)N1CCN(C(=O)c2ccccc2)CC1. The van der Waals surface area contributed by atoms with Crippen LogP contribution in [-0.2, 0) is 0 Å². The predicted octanol–water partition coefficient (Wildman–Crippen LogP) is 3.78. The molecule has 1 aliphatic heterocycles. The quantitative estimate of drug-likeness (QED) is 0.676. The lowest BCUT2D eigenvalue weighted by Gasteiger charge is -2.34. The number of amides is 2. The number of aromatic nitrogens is 1. The highest BCUT2D eigenvalue weighted by Gasteiger charge is 2.27. The number of rotatable bonds is 3. The number of thiophene rings is 1. The molecular weight excluding hydrogens is 378 g/mol. The first kappa shape index (κ1) is 17.9. The van der Waals surface area contributed by atoms with E-state index in [1.165, 1.54) is 11.3 Å². The fourth-order valence-electron chi connectivity index (χ4n) is 3.12. The number of aryl methyl sites for hydroxylation is 1. The van der Waals surface area contributed by atoms with E-state index in [0.29, 0.717) is 36.6 Å². The first-order chi connectivity index (χ1) is 13.1. The second-order valence-electron chi connectivity index (χ2n) is 6.36. The summed E-state index contributed by atoms with van der Waals surface area (Å²) in [6.07, 6.45) is 0. The molecule has 0 atom stereocenters. The van der Waals surface area contributed by atoms with Crippen molar-refractivity contribution in [2.24, 2.45) is 0 Å². The van der Waals surface area contributed by atoms with Gasteiger partial charge in [-0.3, -0.25) is 9.59 Å². The Labute approximate surface area is 165 Å². The van der Waals surface area contributed by atoms with E-state index in [-0.39, 0.29) is 11.8 Å². The van der Waals surface area contributed by atoms with Crippen molar-refractivity contribution < 1.29 is 9.59 Å². The van der Waals surface area contributed by atoms with Crippen molar-refractivity contribution in [2.45, 2.75) is 6.92 Å². The van der Waals surface area contributed by atoms with Gasteiger partial charge in [-0.05, 0) is 30.5 Å². The summed E-state index contributed by atoms with van der Waals surface area (Å²) < 4.78 is 0. The first-order valence-electron chi connectivity index (χ1n) is 8.78. The average Bonchev–Trinajstić information content (AvgIpc) is 3.37. The Hall–Kier alpha value is -2.51. The maximum atomic E-state index is 12.9. The van der Waals surface area contributed by atoms with Gasteiger partial charge in [0, 0.05) is 31.7 Å². The Morgan fingerprint density at radius 1 is 0.926 bits per heavy atom. The summed E-state index contributed by atoms with van der Waals surface area (Å²) in [5.74, 6) is 0.0382. The summed E-state index contributed by atoms with van der Waals surface area (Å²) in [6.45, 7) is 4.08. The standard InChI is InChI=1S/C20H19N3O2S2/c1-14-17(27-18(21-14)16-8-5-13-26-16)20(25)23-11-9-22(10-12-23)19(24)15-6-3-2-4-7-15/h2-8,13H,9-12H2,1H3. The van der Waals surface area contributed by atoms with Gasteiger partial charge in [-0.2, -0.15) is 0 Å². The molecule has 0 radical (unpaired) electrons. The number of nitrogens with zero attached hydrogens (tertiary/aromatic N) is 3. The number of hydrogen-bond donors (Lipinski definition) is 0. The van der Waals surface area contributed by atoms with Gasteiger partial charge < -0.3 is 9.80 Å². The van der Waals surface area contributed by atoms with Crippen LogP contribution in [0.3, 0.4) is 0 Å². The molecular formula is C20H19N3O2S2. The first-order valence-corrected chi connectivity index (χ1v) is 10.5. The monoisotopic (exact) mass is 397 g/mol. The van der Waals surface area contributed by atoms with Crippen LogP contribution in [0.15, 0.2) is 47.8 Å². The van der Waals surface area contributed by atoms with Crippen molar-refractivity contribution in [3.8, 4) is 9.88 Å². The summed E-state index contributed by atoms with van der Waals surface area (Å²) in [4.78, 5) is 35.5. The molecule has 138 valence electrons. The van der Waals surface area contributed by atoms with Gasteiger partial charge in [0.05, 0.1) is 10.6 Å². The smallest absolute Gasteiger partial charge is 0.265 e. The highest BCUT2D eigenvalue weighted by Crippen LogP contribution is 2.31. The van der Waals surface area contributed by atoms with Gasteiger partial charge in [-0.15, -0.1) is 22.7 Å². The van der Waals surface area contributed by atoms with Crippen LogP contribution in [0.5, 0.6) is 0 Å². The summed E-state index contributed by atoms with van der Waals surface area (Å²) in [5, 5.41) is 2.90. The molecule has 1 aliphatic rings. The molecule has 7 heteroatoms. The molecule has 2 aromatic heterocycles. The minimum atomic E-state index is 0.0135. The van der Waals surface area contributed by atoms with Gasteiger partial charge in [0.1, 0.15) is 9.88 Å². The van der Waals surface area contributed by atoms with E-state index < -0.39 is 0 Å². The molecule has 1 saturated heterocycles. The lowest BCUT2D eigenvalue weighted by Crippen LogP contribution is -2.50. The van der Waals surface area contributed by atoms with Gasteiger partial charge in [-0.25, -0.2) is 4.98 Å². The van der Waals surface area contributed by atoms with Crippen LogP contribution in [0.1, 0.15) is 25.7 Å². The topological polar surface area (TPSA) is 53.5 Å². The molecule has 0 bridgehead atoms. The van der Waals surface area contributed by atoms with Crippen LogP contribution in [0.25, 0.3) is 9.88 Å². The van der Waals surface area contributed by atoms with Crippen molar-refractivity contribution in [3.63, 3.8) is 0 Å². The second-order valence-corrected chi connectivity index (χ2v) is 8.31. The summed E-state index contributed by atoms with van der Waals surface area (Å²) >= 11 is 3.08. The van der Waals surface area contributed by atoms with Crippen molar-refractivity contribution in [1.82, 2.24) is 14.8 Å². The maximum absolute atomic E-state index is 12.9. The van der Waals surface area contributed by atoms with Crippen LogP contribution in [0, 0.1) is 6.92 Å². The van der Waals surface area contributed by atoms with E-state index in [4.69, 9.17) is 0 Å². The molecule has 0 aliphatic carbocycles. The Morgan fingerprint density at radius 2 is 1.59 bits per heavy atom. The zero-order valence-corrected chi connectivity index (χ0v) is 16.6. The molecule has 0 unspecified atom stereocenters. The molecule has 3 aromatic rings. The Bertz CT molecular complexity index is 943. The zero-order valence-electron chi connectivity index (χ0n) is 14.9. The number of thiazole rings is 1. The number of carbonyl (C=O) groups is 2. The van der Waals surface area contributed by atoms with Crippen LogP contribution < -0.4 is 0 Å². The molecule has 1 fully saturated rings. The molecule has 4 rings (SSSR count). The summed E-state index contributed by atoms with van der Waals surface area (Å²) in [6, 6.07) is 13.3. The molecule has 0 saturated carbocycles. The molecule has 3 heterocycles. The molecule has 0 N–H and O–H groups in total. The van der Waals surface area contributed by atoms with E-state index in [0.717, 1.165) is 15.6 Å². The van der Waals surface area contributed by atoms with E-state index in [1.807, 2.05) is 64.6 Å². The minimum Gasteiger partial charge on any atom is -0.335 e. The van der Waals surface area contributed by atoms with Crippen LogP contribution in [-0.4, -0.2) is 52.8 Å². The molecule has 5 nitrogen and oxygen atoms in total. The molecule has 1 aromatic carbocycles. The Balaban J connectivity index is 1.43. The number of hydrogen-bond acceptors (Lipinski definition) is 5. The van der Waals surface area contributed by atoms with Crippen molar-refractivity contribution in [2.75, 3.05) is 26.2 Å². The van der Waals surface area contributed by atoms with Gasteiger partial charge in [0.2, 0.25) is 0 Å². The molecule has 2 amide bonds. The zero-order chi connectivity index (χ0) is 18.8. The minimum absolute atomic E-state index is 0.0135.